The largest absolute Gasteiger partial charge is 0.488 e. The SMILES string of the molecule is O=C(c1ccc(B(O)O)cc1)N1CCC2(CC1)CN(C(=O)c1cc3cc(Cl)ccc3[nH]1)C2. The zero-order valence-corrected chi connectivity index (χ0v) is 18.2. The van der Waals surface area contributed by atoms with Crippen molar-refractivity contribution in [3.8, 4) is 0 Å². The van der Waals surface area contributed by atoms with Gasteiger partial charge in [-0.05, 0) is 54.7 Å². The molecule has 2 aliphatic heterocycles. The molecule has 2 fully saturated rings. The van der Waals surface area contributed by atoms with E-state index in [-0.39, 0.29) is 17.2 Å². The van der Waals surface area contributed by atoms with Crippen LogP contribution in [-0.4, -0.2) is 69.9 Å². The molecule has 5 rings (SSSR count). The van der Waals surface area contributed by atoms with Crippen LogP contribution in [0.25, 0.3) is 10.9 Å². The Hall–Kier alpha value is -2.81. The second-order valence-electron chi connectivity index (χ2n) is 8.86. The number of nitrogens with zero attached hydrogens (tertiary/aromatic N) is 2. The van der Waals surface area contributed by atoms with Gasteiger partial charge in [-0.2, -0.15) is 0 Å². The quantitative estimate of drug-likeness (QED) is 0.530. The maximum Gasteiger partial charge on any atom is 0.488 e. The average Bonchev–Trinajstić information content (AvgIpc) is 3.20. The molecule has 2 aliphatic rings. The van der Waals surface area contributed by atoms with Crippen molar-refractivity contribution in [2.24, 2.45) is 5.41 Å². The molecule has 0 atom stereocenters. The van der Waals surface area contributed by atoms with Gasteiger partial charge >= 0.3 is 7.12 Å². The first-order chi connectivity index (χ1) is 15.3. The minimum Gasteiger partial charge on any atom is -0.423 e. The fourth-order valence-corrected chi connectivity index (χ4v) is 4.96. The Morgan fingerprint density at radius 3 is 2.28 bits per heavy atom. The number of hydrogen-bond acceptors (Lipinski definition) is 4. The molecule has 7 nitrogen and oxygen atoms in total. The summed E-state index contributed by atoms with van der Waals surface area (Å²) in [5.41, 5.74) is 2.43. The molecule has 3 heterocycles. The van der Waals surface area contributed by atoms with Crippen molar-refractivity contribution in [1.82, 2.24) is 14.8 Å². The van der Waals surface area contributed by atoms with E-state index in [0.717, 1.165) is 23.7 Å². The van der Waals surface area contributed by atoms with Crippen LogP contribution in [0.3, 0.4) is 0 Å². The van der Waals surface area contributed by atoms with Crippen LogP contribution in [0.4, 0.5) is 0 Å². The zero-order chi connectivity index (χ0) is 22.5. The highest BCUT2D eigenvalue weighted by atomic mass is 35.5. The van der Waals surface area contributed by atoms with E-state index in [1.165, 1.54) is 0 Å². The van der Waals surface area contributed by atoms with Gasteiger partial charge < -0.3 is 24.8 Å². The van der Waals surface area contributed by atoms with Crippen LogP contribution in [-0.2, 0) is 0 Å². The summed E-state index contributed by atoms with van der Waals surface area (Å²) in [6, 6.07) is 13.7. The maximum absolute atomic E-state index is 12.9. The Kier molecular flexibility index (Phi) is 5.24. The molecule has 3 aromatic rings. The molecule has 1 aromatic heterocycles. The van der Waals surface area contributed by atoms with Gasteiger partial charge in [0.25, 0.3) is 11.8 Å². The van der Waals surface area contributed by atoms with Crippen LogP contribution < -0.4 is 5.46 Å². The molecule has 0 aliphatic carbocycles. The number of carbonyl (C=O) groups is 2. The van der Waals surface area contributed by atoms with Crippen molar-refractivity contribution >= 4 is 46.9 Å². The van der Waals surface area contributed by atoms with Crippen molar-refractivity contribution in [2.75, 3.05) is 26.2 Å². The molecule has 2 amide bonds. The number of H-pyrrole nitrogens is 1. The van der Waals surface area contributed by atoms with Crippen LogP contribution in [0, 0.1) is 5.41 Å². The summed E-state index contributed by atoms with van der Waals surface area (Å²) in [5, 5.41) is 20.0. The number of likely N-dealkylation sites (tertiary alicyclic amines) is 2. The lowest BCUT2D eigenvalue weighted by Gasteiger charge is -2.53. The van der Waals surface area contributed by atoms with Gasteiger partial charge in [0.15, 0.2) is 0 Å². The first kappa shape index (κ1) is 21.1. The van der Waals surface area contributed by atoms with Gasteiger partial charge in [-0.25, -0.2) is 0 Å². The number of nitrogens with one attached hydrogen (secondary N) is 1. The third-order valence-electron chi connectivity index (χ3n) is 6.72. The summed E-state index contributed by atoms with van der Waals surface area (Å²) in [6.07, 6.45) is 1.72. The standard InChI is InChI=1S/C23H23BClN3O4/c25-18-5-6-19-16(11-18)12-20(26-19)22(30)28-13-23(14-28)7-9-27(10-8-23)21(29)15-1-3-17(4-2-15)24(31)32/h1-6,11-12,26,31-32H,7-10,13-14H2. The molecular weight excluding hydrogens is 429 g/mol. The molecule has 0 saturated carbocycles. The topological polar surface area (TPSA) is 96.9 Å². The van der Waals surface area contributed by atoms with E-state index in [0.29, 0.717) is 47.9 Å². The number of aromatic nitrogens is 1. The Bertz CT molecular complexity index is 1180. The van der Waals surface area contributed by atoms with E-state index < -0.39 is 7.12 Å². The van der Waals surface area contributed by atoms with Crippen molar-refractivity contribution in [1.29, 1.82) is 0 Å². The van der Waals surface area contributed by atoms with Crippen molar-refractivity contribution < 1.29 is 19.6 Å². The average molecular weight is 452 g/mol. The van der Waals surface area contributed by atoms with Gasteiger partial charge in [-0.3, -0.25) is 9.59 Å². The first-order valence-corrected chi connectivity index (χ1v) is 11.0. The predicted molar refractivity (Wildman–Crippen MR) is 123 cm³/mol. The Labute approximate surface area is 190 Å². The normalized spacial score (nSPS) is 17.5. The maximum atomic E-state index is 12.9. The number of halogens is 1. The minimum atomic E-state index is -1.54. The lowest BCUT2D eigenvalue weighted by atomic mass is 9.71. The summed E-state index contributed by atoms with van der Waals surface area (Å²) >= 11 is 6.04. The van der Waals surface area contributed by atoms with E-state index in [9.17, 15) is 19.6 Å². The number of piperidine rings is 1. The number of hydrogen-bond donors (Lipinski definition) is 3. The molecule has 0 bridgehead atoms. The van der Waals surface area contributed by atoms with E-state index in [1.54, 1.807) is 30.3 Å². The summed E-state index contributed by atoms with van der Waals surface area (Å²) in [5.74, 6) is -0.0598. The molecular formula is C23H23BClN3O4. The van der Waals surface area contributed by atoms with Crippen LogP contribution in [0.1, 0.15) is 33.7 Å². The molecule has 32 heavy (non-hydrogen) atoms. The van der Waals surface area contributed by atoms with E-state index in [4.69, 9.17) is 11.6 Å². The fourth-order valence-electron chi connectivity index (χ4n) is 4.78. The van der Waals surface area contributed by atoms with Crippen LogP contribution >= 0.6 is 11.6 Å². The second-order valence-corrected chi connectivity index (χ2v) is 9.30. The van der Waals surface area contributed by atoms with Crippen molar-refractivity contribution in [3.05, 3.63) is 64.8 Å². The Morgan fingerprint density at radius 2 is 1.62 bits per heavy atom. The summed E-state index contributed by atoms with van der Waals surface area (Å²) in [7, 11) is -1.54. The van der Waals surface area contributed by atoms with Crippen molar-refractivity contribution in [2.45, 2.75) is 12.8 Å². The Morgan fingerprint density at radius 1 is 0.938 bits per heavy atom. The number of carbonyl (C=O) groups excluding carboxylic acids is 2. The van der Waals surface area contributed by atoms with E-state index >= 15 is 0 Å². The highest BCUT2D eigenvalue weighted by Gasteiger charge is 2.47. The summed E-state index contributed by atoms with van der Waals surface area (Å²) in [4.78, 5) is 32.6. The smallest absolute Gasteiger partial charge is 0.423 e. The number of aromatic amines is 1. The third kappa shape index (κ3) is 3.79. The lowest BCUT2D eigenvalue weighted by Crippen LogP contribution is -2.62. The van der Waals surface area contributed by atoms with Gasteiger partial charge in [-0.15, -0.1) is 0 Å². The molecule has 1 spiro atoms. The van der Waals surface area contributed by atoms with E-state index in [2.05, 4.69) is 4.98 Å². The third-order valence-corrected chi connectivity index (χ3v) is 6.96. The minimum absolute atomic E-state index is 0.00684. The molecule has 0 radical (unpaired) electrons. The highest BCUT2D eigenvalue weighted by Crippen LogP contribution is 2.41. The second kappa shape index (κ2) is 7.96. The summed E-state index contributed by atoms with van der Waals surface area (Å²) in [6.45, 7) is 2.70. The fraction of sp³-hybridized carbons (Fsp3) is 0.304. The van der Waals surface area contributed by atoms with E-state index in [1.807, 2.05) is 28.0 Å². The molecule has 2 saturated heterocycles. The number of amides is 2. The lowest BCUT2D eigenvalue weighted by molar-refractivity contribution is -0.0290. The van der Waals surface area contributed by atoms with Crippen molar-refractivity contribution in [3.63, 3.8) is 0 Å². The van der Waals surface area contributed by atoms with Gasteiger partial charge in [0, 0.05) is 53.1 Å². The molecule has 0 unspecified atom stereocenters. The van der Waals surface area contributed by atoms with Gasteiger partial charge in [0.1, 0.15) is 5.69 Å². The van der Waals surface area contributed by atoms with Gasteiger partial charge in [0.2, 0.25) is 0 Å². The highest BCUT2D eigenvalue weighted by molar-refractivity contribution is 6.58. The number of benzene rings is 2. The predicted octanol–water partition coefficient (Wildman–Crippen LogP) is 1.88. The van der Waals surface area contributed by atoms with Crippen LogP contribution in [0.5, 0.6) is 0 Å². The van der Waals surface area contributed by atoms with Crippen LogP contribution in [0.15, 0.2) is 48.5 Å². The number of rotatable bonds is 3. The monoisotopic (exact) mass is 451 g/mol. The van der Waals surface area contributed by atoms with Gasteiger partial charge in [0.05, 0.1) is 0 Å². The number of fused-ring (bicyclic) bond motifs is 1. The Balaban J connectivity index is 1.18. The first-order valence-electron chi connectivity index (χ1n) is 10.7. The summed E-state index contributed by atoms with van der Waals surface area (Å²) < 4.78 is 0. The van der Waals surface area contributed by atoms with Crippen LogP contribution in [0.2, 0.25) is 5.02 Å². The molecule has 3 N–H and O–H groups in total. The molecule has 164 valence electrons. The van der Waals surface area contributed by atoms with Gasteiger partial charge in [-0.1, -0.05) is 23.7 Å². The molecule has 9 heteroatoms. The zero-order valence-electron chi connectivity index (χ0n) is 17.4. The molecule has 2 aromatic carbocycles.